The van der Waals surface area contributed by atoms with E-state index in [-0.39, 0.29) is 17.9 Å². The molecule has 2 aliphatic rings. The number of benzene rings is 3. The van der Waals surface area contributed by atoms with Gasteiger partial charge < -0.3 is 19.2 Å². The minimum Gasteiger partial charge on any atom is -0.497 e. The van der Waals surface area contributed by atoms with Crippen LogP contribution in [0.3, 0.4) is 0 Å². The Morgan fingerprint density at radius 3 is 0.937 bits per heavy atom. The van der Waals surface area contributed by atoms with Gasteiger partial charge in [-0.15, -0.1) is 0 Å². The zero-order valence-corrected chi connectivity index (χ0v) is 73.0. The number of methoxy groups -OCH3 is 2. The minimum absolute atomic E-state index is 0.00706. The highest BCUT2D eigenvalue weighted by Crippen LogP contribution is 2.50. The van der Waals surface area contributed by atoms with Gasteiger partial charge in [-0.2, -0.15) is 0 Å². The van der Waals surface area contributed by atoms with Crippen LogP contribution in [0.2, 0.25) is 0 Å². The Kier molecular flexibility index (Phi) is 51.2. The van der Waals surface area contributed by atoms with Crippen LogP contribution < -0.4 is 14.2 Å². The molecule has 459 valence electrons. The van der Waals surface area contributed by atoms with Gasteiger partial charge in [0.1, 0.15) is 11.6 Å². The summed E-state index contributed by atoms with van der Waals surface area (Å²) in [5.41, 5.74) is 7.24. The molecule has 0 amide bonds. The second kappa shape index (κ2) is 54.3. The standard InChI is InChI=1S/C31H33FN2O3.B89/c1-4-5-14-37-29-15-20-12-13-34-27(23(20)18-28(29)36-3)17-25-24-16-22(35-2)10-11-26(24)33-30(25)31(34)19-6-8-21(32)9-7-19;1-46-69(47(2)3)80(68(44)45)86(81(70(48(4)5)49(6)7)71(50(8)9)51(10)11)89(87(82(72(52(12)13)53(14)15)73(54(16)17)55(18)19)83(74(56(20)21)57(22)23)75(58(24)25)59(26)27)88(84(76(60(28)29)61(30)31)77(62(32)33)63(34)35)85(78(64(36)37)65(38)39)79(66(40)41)67(42)43/h6-11,15-16,18,27,31,33H,4-5,12-14,17H2,1-3H3;. The van der Waals surface area contributed by atoms with Crippen LogP contribution in [0.15, 0.2) is 54.6 Å². The Labute approximate surface area is 838 Å². The number of rotatable bonds is 50. The van der Waals surface area contributed by atoms with Gasteiger partial charge in [-0.25, -0.2) is 4.39 Å². The molecule has 0 saturated heterocycles. The van der Waals surface area contributed by atoms with E-state index in [2.05, 4.69) is 41.1 Å². The maximum absolute atomic E-state index is 13.9. The van der Waals surface area contributed by atoms with Crippen LogP contribution in [0.5, 0.6) is 17.2 Å². The summed E-state index contributed by atoms with van der Waals surface area (Å²) in [5.74, 6) is 2.23. The number of hydrogen-bond donors (Lipinski definition) is 1. The maximum Gasteiger partial charge on any atom is 0.161 e. The van der Waals surface area contributed by atoms with Gasteiger partial charge in [0.2, 0.25) is 0 Å². The summed E-state index contributed by atoms with van der Waals surface area (Å²) >= 11 is 0. The second-order valence-electron chi connectivity index (χ2n) is 35.0. The van der Waals surface area contributed by atoms with Crippen molar-refractivity contribution in [3.63, 3.8) is 0 Å². The Morgan fingerprint density at radius 1 is 0.365 bits per heavy atom. The fourth-order valence-corrected chi connectivity index (χ4v) is 22.0. The van der Waals surface area contributed by atoms with E-state index in [4.69, 9.17) is 362 Å². The number of nitrogens with zero attached hydrogens (tertiary/aromatic N) is 1. The molecule has 0 bridgehead atoms. The fraction of sp³-hybridized carbons (Fsp3) is 0.355. The Bertz CT molecular complexity index is 3440. The van der Waals surface area contributed by atoms with Crippen LogP contribution in [0.25, 0.3) is 10.9 Å². The second-order valence-corrected chi connectivity index (χ2v) is 35.0. The Morgan fingerprint density at radius 2 is 0.667 bits per heavy atom. The number of aromatic amines is 1. The highest BCUT2D eigenvalue weighted by Gasteiger charge is 2.68. The summed E-state index contributed by atoms with van der Waals surface area (Å²) < 4.78 is 31.4. The first kappa shape index (κ1) is 119. The van der Waals surface area contributed by atoms with Crippen LogP contribution in [-0.4, -0.2) is 667 Å². The molecular weight excluding hydrogens is 1430 g/mol. The van der Waals surface area contributed by atoms with Crippen LogP contribution in [-0.2, 0) is 12.8 Å². The van der Waals surface area contributed by atoms with E-state index < -0.39 is 275 Å². The van der Waals surface area contributed by atoms with Crippen LogP contribution in [0, 0.1) is 5.82 Å². The molecule has 0 saturated carbocycles. The zero-order valence-electron chi connectivity index (χ0n) is 73.0. The summed E-state index contributed by atoms with van der Waals surface area (Å²) in [7, 11) is 319. The van der Waals surface area contributed by atoms with Crippen molar-refractivity contribution < 1.29 is 18.6 Å². The van der Waals surface area contributed by atoms with E-state index in [9.17, 15) is 4.39 Å². The lowest BCUT2D eigenvalue weighted by atomic mass is 8.19. The number of aromatic nitrogens is 1. The lowest BCUT2D eigenvalue weighted by Gasteiger charge is -2.62. The normalized spacial score (nSPS) is 12.4. The number of H-pyrrole nitrogens is 1. The van der Waals surface area contributed by atoms with E-state index in [0.717, 1.165) is 67.6 Å². The molecule has 5 nitrogen and oxygen atoms in total. The summed E-state index contributed by atoms with van der Waals surface area (Å²) in [4.78, 5) is 6.27. The van der Waals surface area contributed by atoms with Crippen molar-refractivity contribution in [1.82, 2.24) is 9.88 Å². The molecule has 126 heavy (non-hydrogen) atoms. The smallest absolute Gasteiger partial charge is 0.161 e. The highest BCUT2D eigenvalue weighted by molar-refractivity contribution is 8.42. The van der Waals surface area contributed by atoms with Gasteiger partial charge in [0.15, 0.2) is 11.5 Å². The molecule has 1 aromatic heterocycles. The van der Waals surface area contributed by atoms with Crippen molar-refractivity contribution in [2.75, 3.05) is 27.4 Å². The SMILES string of the molecule is CCCCOc1cc2c(cc1OC)C1Cc3c([nH]c4ccc(OC)cc34)C(c3ccc(F)cc3)N1CC2.[B][B]B(B([B])[B])B(B([B])[B])B(B(B(B([B])[B])B([B])[B])B(B([B])[B])B([B])[B])B(B(B(B(B([B])[B])B([B])[B])B(B([B])[B])B([B])[B])B(B(B([B])[B])B([B])[B])B(B([B])[B])B([B])[B])B(B(B(B([B])[B])B([B])[B])B(B([B])[B])B([B])[B])B(B(B([B])[B])B([B])[B])B(B([B])[B])B([B])[B]. The summed E-state index contributed by atoms with van der Waals surface area (Å²) in [6, 6.07) is 17.7. The van der Waals surface area contributed by atoms with Gasteiger partial charge in [-0.05, 0) is 84.0 Å². The molecule has 4 aromatic rings. The number of unbranched alkanes of at least 4 members (excludes halogenated alkanes) is 1. The third-order valence-corrected chi connectivity index (χ3v) is 26.8. The Balaban J connectivity index is 0.000000618. The molecule has 0 spiro atoms. The minimum atomic E-state index is -2.09. The summed E-state index contributed by atoms with van der Waals surface area (Å²) in [6.07, 6.45) is -72.1. The highest BCUT2D eigenvalue weighted by atomic mass is 19.1. The molecule has 2 unspecified atom stereocenters. The number of hydrogen-bond acceptors (Lipinski definition) is 4. The molecule has 2 aliphatic heterocycles. The zero-order chi connectivity index (χ0) is 96.1. The van der Waals surface area contributed by atoms with Crippen molar-refractivity contribution in [1.29, 1.82) is 0 Å². The van der Waals surface area contributed by atoms with Gasteiger partial charge in [0.25, 0.3) is 0 Å². The molecule has 3 aromatic carbocycles. The van der Waals surface area contributed by atoms with Crippen LogP contribution in [0.1, 0.15) is 59.8 Å². The number of fused-ring (bicyclic) bond motifs is 6. The number of nitrogens with one attached hydrogen (secondary N) is 1. The number of ether oxygens (including phenoxy) is 3. The molecule has 91 radical (unpaired) electrons. The predicted octanol–water partition coefficient (Wildman–Crippen LogP) is -27.1. The third kappa shape index (κ3) is 29.0. The largest absolute Gasteiger partial charge is 0.497 e. The van der Waals surface area contributed by atoms with Gasteiger partial charge in [-0.3, -0.25) is 4.90 Å². The van der Waals surface area contributed by atoms with Gasteiger partial charge in [0, 0.05) is 659 Å². The van der Waals surface area contributed by atoms with Gasteiger partial charge >= 0.3 is 0 Å². The molecule has 0 fully saturated rings. The molecule has 1 N–H and O–H groups in total. The monoisotopic (exact) mass is 1480 g/mol. The molecule has 3 heterocycles. The predicted molar refractivity (Wildman–Crippen MR) is 655 cm³/mol. The van der Waals surface area contributed by atoms with E-state index in [1.165, 1.54) is 27.8 Å². The molecule has 95 heteroatoms. The molecule has 2 atom stereocenters. The van der Waals surface area contributed by atoms with E-state index in [0.29, 0.717) is 6.61 Å². The van der Waals surface area contributed by atoms with Crippen molar-refractivity contribution in [2.45, 2.75) is 44.7 Å². The average molecular weight is 1460 g/mol. The lowest BCUT2D eigenvalue weighted by Crippen LogP contribution is -3.00. The van der Waals surface area contributed by atoms with Gasteiger partial charge in [0.05, 0.1) is 26.9 Å². The average Bonchev–Trinajstić information content (AvgIpc) is 0.832. The third-order valence-electron chi connectivity index (χ3n) is 26.8. The van der Waals surface area contributed by atoms with Crippen LogP contribution in [0.4, 0.5) is 4.39 Å². The molecule has 0 aliphatic carbocycles. The summed E-state index contributed by atoms with van der Waals surface area (Å²) in [6.45, 7) is 3.75. The number of halogens is 1. The first-order chi connectivity index (χ1) is 58.6. The van der Waals surface area contributed by atoms with Gasteiger partial charge in [-0.1, -0.05) is 25.5 Å². The van der Waals surface area contributed by atoms with Crippen molar-refractivity contribution in [2.24, 2.45) is 0 Å². The van der Waals surface area contributed by atoms with Crippen molar-refractivity contribution >= 4 is 641 Å². The van der Waals surface area contributed by atoms with E-state index in [1.807, 2.05) is 18.2 Å². The van der Waals surface area contributed by atoms with E-state index >= 15 is 0 Å². The quantitative estimate of drug-likeness (QED) is 0.0354. The summed E-state index contributed by atoms with van der Waals surface area (Å²) in [5, 5.41) is 1.18. The first-order valence-corrected chi connectivity index (χ1v) is 42.5. The Hall–Kier alpha value is 2.27. The van der Waals surface area contributed by atoms with Crippen molar-refractivity contribution in [3.05, 3.63) is 88.4 Å². The van der Waals surface area contributed by atoms with E-state index in [1.54, 1.807) is 26.4 Å². The topological polar surface area (TPSA) is 46.7 Å². The van der Waals surface area contributed by atoms with Crippen molar-refractivity contribution in [3.8, 4) is 17.2 Å². The first-order valence-electron chi connectivity index (χ1n) is 42.5. The van der Waals surface area contributed by atoms with Crippen LogP contribution >= 0.6 is 0 Å². The maximum atomic E-state index is 13.9. The molecule has 6 rings (SSSR count). The lowest BCUT2D eigenvalue weighted by molar-refractivity contribution is 0.127. The fourth-order valence-electron chi connectivity index (χ4n) is 22.0. The molecular formula is C31H33B89FN2O3.